The minimum absolute atomic E-state index is 0.539. The third kappa shape index (κ3) is 3.48. The molecule has 2 fully saturated rings. The zero-order valence-corrected chi connectivity index (χ0v) is 12.8. The molecule has 2 nitrogen and oxygen atoms in total. The summed E-state index contributed by atoms with van der Waals surface area (Å²) in [4.78, 5) is 2.84. The second-order valence-corrected chi connectivity index (χ2v) is 7.11. The lowest BCUT2D eigenvalue weighted by molar-refractivity contribution is 0.0597. The second kappa shape index (κ2) is 5.92. The van der Waals surface area contributed by atoms with Crippen LogP contribution in [-0.2, 0) is 0 Å². The maximum absolute atomic E-state index is 3.75. The summed E-state index contributed by atoms with van der Waals surface area (Å²) in [6.07, 6.45) is 8.29. The first-order chi connectivity index (χ1) is 8.57. The molecule has 2 aliphatic rings. The third-order valence-electron chi connectivity index (χ3n) is 4.75. The molecule has 0 aliphatic heterocycles. The molecule has 2 heteroatoms. The van der Waals surface area contributed by atoms with Gasteiger partial charge in [-0.3, -0.25) is 4.90 Å². The topological polar surface area (TPSA) is 15.3 Å². The van der Waals surface area contributed by atoms with Crippen LogP contribution in [0.5, 0.6) is 0 Å². The molecule has 2 atom stereocenters. The van der Waals surface area contributed by atoms with Gasteiger partial charge in [0, 0.05) is 18.1 Å². The fourth-order valence-electron chi connectivity index (χ4n) is 3.68. The Morgan fingerprint density at radius 2 is 1.89 bits per heavy atom. The van der Waals surface area contributed by atoms with Crippen molar-refractivity contribution in [2.24, 2.45) is 5.41 Å². The first-order valence-corrected chi connectivity index (χ1v) is 8.06. The van der Waals surface area contributed by atoms with Crippen molar-refractivity contribution in [1.82, 2.24) is 10.2 Å². The molecule has 106 valence electrons. The number of likely N-dealkylation sites (N-methyl/N-ethyl adjacent to an activating group) is 1. The van der Waals surface area contributed by atoms with Crippen LogP contribution in [0.3, 0.4) is 0 Å². The highest BCUT2D eigenvalue weighted by atomic mass is 15.2. The number of hydrogen-bond acceptors (Lipinski definition) is 2. The highest BCUT2D eigenvalue weighted by Gasteiger charge is 2.42. The van der Waals surface area contributed by atoms with Gasteiger partial charge in [-0.1, -0.05) is 27.7 Å². The van der Waals surface area contributed by atoms with Gasteiger partial charge >= 0.3 is 0 Å². The summed E-state index contributed by atoms with van der Waals surface area (Å²) in [5.74, 6) is 0. The van der Waals surface area contributed by atoms with Crippen molar-refractivity contribution in [3.8, 4) is 0 Å². The fraction of sp³-hybridized carbons (Fsp3) is 1.00. The van der Waals surface area contributed by atoms with Gasteiger partial charge < -0.3 is 5.32 Å². The van der Waals surface area contributed by atoms with Crippen molar-refractivity contribution in [3.63, 3.8) is 0 Å². The summed E-state index contributed by atoms with van der Waals surface area (Å²) in [7, 11) is 0. The Balaban J connectivity index is 2.06. The first-order valence-electron chi connectivity index (χ1n) is 8.06. The smallest absolute Gasteiger partial charge is 0.0257 e. The molecule has 0 saturated heterocycles. The molecule has 0 bridgehead atoms. The van der Waals surface area contributed by atoms with Crippen molar-refractivity contribution in [3.05, 3.63) is 0 Å². The summed E-state index contributed by atoms with van der Waals surface area (Å²) in [5, 5.41) is 3.75. The van der Waals surface area contributed by atoms with E-state index in [0.717, 1.165) is 24.7 Å². The monoisotopic (exact) mass is 252 g/mol. The van der Waals surface area contributed by atoms with E-state index >= 15 is 0 Å². The molecule has 2 saturated carbocycles. The number of nitrogens with one attached hydrogen (secondary N) is 1. The van der Waals surface area contributed by atoms with Gasteiger partial charge in [0.05, 0.1) is 0 Å². The Kier molecular flexibility index (Phi) is 4.71. The predicted molar refractivity (Wildman–Crippen MR) is 78.9 cm³/mol. The molecule has 2 unspecified atom stereocenters. The van der Waals surface area contributed by atoms with Gasteiger partial charge in [0.15, 0.2) is 0 Å². The van der Waals surface area contributed by atoms with Crippen LogP contribution < -0.4 is 5.32 Å². The molecule has 0 aromatic carbocycles. The van der Waals surface area contributed by atoms with Gasteiger partial charge in [-0.15, -0.1) is 0 Å². The van der Waals surface area contributed by atoms with Gasteiger partial charge in [-0.2, -0.15) is 0 Å². The maximum Gasteiger partial charge on any atom is 0.0257 e. The Hall–Kier alpha value is -0.0800. The van der Waals surface area contributed by atoms with Gasteiger partial charge in [0.2, 0.25) is 0 Å². The van der Waals surface area contributed by atoms with E-state index in [1.807, 2.05) is 0 Å². The van der Waals surface area contributed by atoms with E-state index in [1.54, 1.807) is 0 Å². The van der Waals surface area contributed by atoms with E-state index < -0.39 is 0 Å². The largest absolute Gasteiger partial charge is 0.313 e. The summed E-state index contributed by atoms with van der Waals surface area (Å²) >= 11 is 0. The average Bonchev–Trinajstić information content (AvgIpc) is 3.12. The van der Waals surface area contributed by atoms with Crippen LogP contribution in [-0.4, -0.2) is 36.1 Å². The SMILES string of the molecule is CCCN(C1CC1)C1CC(C)(C)CCC1NCC. The lowest BCUT2D eigenvalue weighted by atomic mass is 9.72. The molecule has 2 aliphatic carbocycles. The molecule has 1 N–H and O–H groups in total. The average molecular weight is 252 g/mol. The molecule has 2 rings (SSSR count). The normalized spacial score (nSPS) is 31.8. The molecule has 0 spiro atoms. The highest BCUT2D eigenvalue weighted by Crippen LogP contribution is 2.41. The molecule has 0 aromatic heterocycles. The second-order valence-electron chi connectivity index (χ2n) is 7.11. The van der Waals surface area contributed by atoms with Crippen LogP contribution in [0.1, 0.15) is 66.2 Å². The Morgan fingerprint density at radius 3 is 2.44 bits per heavy atom. The molecular weight excluding hydrogens is 220 g/mol. The third-order valence-corrected chi connectivity index (χ3v) is 4.75. The molecular formula is C16H32N2. The van der Waals surface area contributed by atoms with Gasteiger partial charge in [0.25, 0.3) is 0 Å². The fourth-order valence-corrected chi connectivity index (χ4v) is 3.68. The number of rotatable bonds is 6. The van der Waals surface area contributed by atoms with Crippen molar-refractivity contribution in [2.75, 3.05) is 13.1 Å². The van der Waals surface area contributed by atoms with E-state index in [9.17, 15) is 0 Å². The molecule has 0 aromatic rings. The van der Waals surface area contributed by atoms with Crippen molar-refractivity contribution in [2.45, 2.75) is 84.3 Å². The first kappa shape index (κ1) is 14.3. The van der Waals surface area contributed by atoms with Crippen LogP contribution in [0, 0.1) is 5.41 Å². The van der Waals surface area contributed by atoms with Crippen molar-refractivity contribution in [1.29, 1.82) is 0 Å². The van der Waals surface area contributed by atoms with E-state index in [4.69, 9.17) is 0 Å². The maximum atomic E-state index is 3.75. The minimum atomic E-state index is 0.539. The van der Waals surface area contributed by atoms with Crippen LogP contribution >= 0.6 is 0 Å². The zero-order valence-electron chi connectivity index (χ0n) is 12.8. The van der Waals surface area contributed by atoms with Crippen molar-refractivity contribution >= 4 is 0 Å². The van der Waals surface area contributed by atoms with E-state index in [2.05, 4.69) is 37.9 Å². The van der Waals surface area contributed by atoms with Crippen LogP contribution in [0.15, 0.2) is 0 Å². The number of hydrogen-bond donors (Lipinski definition) is 1. The zero-order chi connectivity index (χ0) is 13.2. The lowest BCUT2D eigenvalue weighted by Gasteiger charge is -2.46. The highest BCUT2D eigenvalue weighted by molar-refractivity contribution is 4.98. The molecule has 0 heterocycles. The Morgan fingerprint density at radius 1 is 1.17 bits per heavy atom. The lowest BCUT2D eigenvalue weighted by Crippen LogP contribution is -2.55. The quantitative estimate of drug-likeness (QED) is 0.779. The Bertz CT molecular complexity index is 258. The molecule has 0 amide bonds. The van der Waals surface area contributed by atoms with Crippen LogP contribution in [0.4, 0.5) is 0 Å². The predicted octanol–water partition coefficient (Wildman–Crippen LogP) is 3.42. The summed E-state index contributed by atoms with van der Waals surface area (Å²) < 4.78 is 0. The van der Waals surface area contributed by atoms with E-state index in [0.29, 0.717) is 5.41 Å². The number of nitrogens with zero attached hydrogens (tertiary/aromatic N) is 1. The van der Waals surface area contributed by atoms with Gasteiger partial charge in [-0.25, -0.2) is 0 Å². The van der Waals surface area contributed by atoms with Crippen LogP contribution in [0.25, 0.3) is 0 Å². The van der Waals surface area contributed by atoms with Crippen LogP contribution in [0.2, 0.25) is 0 Å². The molecule has 0 radical (unpaired) electrons. The standard InChI is InChI=1S/C16H32N2/c1-5-11-18(13-7-8-13)15-12-16(3,4)10-9-14(15)17-6-2/h13-15,17H,5-12H2,1-4H3. The van der Waals surface area contributed by atoms with E-state index in [1.165, 1.54) is 45.1 Å². The molecule has 18 heavy (non-hydrogen) atoms. The summed E-state index contributed by atoms with van der Waals surface area (Å²) in [6, 6.07) is 2.42. The minimum Gasteiger partial charge on any atom is -0.313 e. The Labute approximate surface area is 114 Å². The summed E-state index contributed by atoms with van der Waals surface area (Å²) in [6.45, 7) is 11.9. The summed E-state index contributed by atoms with van der Waals surface area (Å²) in [5.41, 5.74) is 0.539. The van der Waals surface area contributed by atoms with E-state index in [-0.39, 0.29) is 0 Å². The van der Waals surface area contributed by atoms with Gasteiger partial charge in [0.1, 0.15) is 0 Å². The van der Waals surface area contributed by atoms with Gasteiger partial charge in [-0.05, 0) is 57.0 Å². The van der Waals surface area contributed by atoms with Crippen molar-refractivity contribution < 1.29 is 0 Å².